The molecule has 0 radical (unpaired) electrons. The highest BCUT2D eigenvalue weighted by atomic mass is 32.1. The molecule has 1 amide bonds. The SMILES string of the molecule is O=C(CCn1cnc2ccccc2c1=O)N1CCc2sccc2C1c1cccs1. The lowest BCUT2D eigenvalue weighted by molar-refractivity contribution is -0.133. The van der Waals surface area contributed by atoms with Crippen LogP contribution in [-0.2, 0) is 17.8 Å². The minimum absolute atomic E-state index is 0.0241. The molecule has 0 saturated carbocycles. The molecule has 5 rings (SSSR count). The van der Waals surface area contributed by atoms with Gasteiger partial charge in [-0.05, 0) is 47.0 Å². The van der Waals surface area contributed by atoms with Gasteiger partial charge in [0.1, 0.15) is 0 Å². The minimum atomic E-state index is -0.100. The second kappa shape index (κ2) is 7.57. The van der Waals surface area contributed by atoms with Gasteiger partial charge >= 0.3 is 0 Å². The average Bonchev–Trinajstić information content (AvgIpc) is 3.44. The fraction of sp³-hybridized carbons (Fsp3) is 0.227. The lowest BCUT2D eigenvalue weighted by Crippen LogP contribution is -2.40. The molecule has 7 heteroatoms. The summed E-state index contributed by atoms with van der Waals surface area (Å²) < 4.78 is 1.54. The van der Waals surface area contributed by atoms with Crippen LogP contribution in [0.5, 0.6) is 0 Å². The number of nitrogens with zero attached hydrogens (tertiary/aromatic N) is 3. The Balaban J connectivity index is 1.39. The quantitative estimate of drug-likeness (QED) is 0.499. The first-order valence-electron chi connectivity index (χ1n) is 9.55. The molecule has 1 atom stereocenters. The number of fused-ring (bicyclic) bond motifs is 2. The summed E-state index contributed by atoms with van der Waals surface area (Å²) in [5, 5.41) is 4.75. The summed E-state index contributed by atoms with van der Waals surface area (Å²) >= 11 is 3.45. The Labute approximate surface area is 175 Å². The number of hydrogen-bond donors (Lipinski definition) is 0. The van der Waals surface area contributed by atoms with Gasteiger partial charge < -0.3 is 4.90 Å². The first kappa shape index (κ1) is 18.3. The molecule has 0 saturated heterocycles. The van der Waals surface area contributed by atoms with E-state index in [9.17, 15) is 9.59 Å². The highest BCUT2D eigenvalue weighted by molar-refractivity contribution is 7.10. The van der Waals surface area contributed by atoms with E-state index in [2.05, 4.69) is 27.9 Å². The van der Waals surface area contributed by atoms with E-state index in [1.54, 1.807) is 39.6 Å². The van der Waals surface area contributed by atoms with Crippen LogP contribution in [0.3, 0.4) is 0 Å². The van der Waals surface area contributed by atoms with Crippen LogP contribution in [0, 0.1) is 0 Å². The summed E-state index contributed by atoms with van der Waals surface area (Å²) in [6.07, 6.45) is 2.71. The molecule has 0 aliphatic carbocycles. The summed E-state index contributed by atoms with van der Waals surface area (Å²) in [7, 11) is 0. The molecule has 1 aliphatic heterocycles. The third kappa shape index (κ3) is 3.30. The van der Waals surface area contributed by atoms with Crippen LogP contribution in [-0.4, -0.2) is 26.9 Å². The molecule has 4 aromatic rings. The van der Waals surface area contributed by atoms with Crippen molar-refractivity contribution in [3.8, 4) is 0 Å². The third-order valence-corrected chi connectivity index (χ3v) is 7.32. The summed E-state index contributed by atoms with van der Waals surface area (Å²) in [5.41, 5.74) is 1.82. The molecule has 1 aromatic carbocycles. The van der Waals surface area contributed by atoms with E-state index in [1.165, 1.54) is 15.3 Å². The average molecular weight is 422 g/mol. The van der Waals surface area contributed by atoms with Crippen molar-refractivity contribution < 1.29 is 4.79 Å². The van der Waals surface area contributed by atoms with E-state index in [0.29, 0.717) is 24.0 Å². The van der Waals surface area contributed by atoms with Crippen molar-refractivity contribution in [2.45, 2.75) is 25.4 Å². The molecule has 29 heavy (non-hydrogen) atoms. The summed E-state index contributed by atoms with van der Waals surface area (Å²) in [6, 6.07) is 13.5. The number of thiophene rings is 2. The monoisotopic (exact) mass is 421 g/mol. The molecule has 1 unspecified atom stereocenters. The molecule has 0 fully saturated rings. The van der Waals surface area contributed by atoms with Crippen LogP contribution >= 0.6 is 22.7 Å². The topological polar surface area (TPSA) is 55.2 Å². The van der Waals surface area contributed by atoms with E-state index in [0.717, 1.165) is 6.42 Å². The third-order valence-electron chi connectivity index (χ3n) is 5.40. The zero-order valence-electron chi connectivity index (χ0n) is 15.7. The maximum absolute atomic E-state index is 13.2. The Kier molecular flexibility index (Phi) is 4.77. The van der Waals surface area contributed by atoms with Gasteiger partial charge in [0.05, 0.1) is 23.3 Å². The van der Waals surface area contributed by atoms with E-state index in [4.69, 9.17) is 0 Å². The summed E-state index contributed by atoms with van der Waals surface area (Å²) in [6.45, 7) is 1.04. The highest BCUT2D eigenvalue weighted by Crippen LogP contribution is 2.39. The second-order valence-corrected chi connectivity index (χ2v) is 9.04. The van der Waals surface area contributed by atoms with Crippen molar-refractivity contribution in [1.29, 1.82) is 0 Å². The molecule has 0 N–H and O–H groups in total. The van der Waals surface area contributed by atoms with Gasteiger partial charge in [-0.25, -0.2) is 4.98 Å². The van der Waals surface area contributed by atoms with Crippen LogP contribution in [0.1, 0.15) is 27.8 Å². The smallest absolute Gasteiger partial charge is 0.261 e. The lowest BCUT2D eigenvalue weighted by atomic mass is 9.98. The molecule has 1 aliphatic rings. The number of hydrogen-bond acceptors (Lipinski definition) is 5. The first-order valence-corrected chi connectivity index (χ1v) is 11.3. The number of aryl methyl sites for hydroxylation is 1. The second-order valence-electron chi connectivity index (χ2n) is 7.06. The minimum Gasteiger partial charge on any atom is -0.330 e. The Morgan fingerprint density at radius 3 is 2.86 bits per heavy atom. The molecular weight excluding hydrogens is 402 g/mol. The van der Waals surface area contributed by atoms with Gasteiger partial charge in [-0.15, -0.1) is 22.7 Å². The van der Waals surface area contributed by atoms with E-state index < -0.39 is 0 Å². The predicted molar refractivity (Wildman–Crippen MR) is 117 cm³/mol. The largest absolute Gasteiger partial charge is 0.330 e. The fourth-order valence-corrected chi connectivity index (χ4v) is 5.72. The molecule has 0 spiro atoms. The molecule has 5 nitrogen and oxygen atoms in total. The van der Waals surface area contributed by atoms with Gasteiger partial charge in [-0.2, -0.15) is 0 Å². The van der Waals surface area contributed by atoms with Gasteiger partial charge in [-0.1, -0.05) is 18.2 Å². The Hall–Kier alpha value is -2.77. The number of benzene rings is 1. The lowest BCUT2D eigenvalue weighted by Gasteiger charge is -2.35. The molecular formula is C22H19N3O2S2. The van der Waals surface area contributed by atoms with Crippen molar-refractivity contribution >= 4 is 39.5 Å². The standard InChI is InChI=1S/C22H19N3O2S2/c26-20(8-10-24-14-23-17-5-2-1-4-15(17)22(24)27)25-11-7-18-16(9-13-29-18)21(25)19-6-3-12-28-19/h1-6,9,12-14,21H,7-8,10-11H2. The van der Waals surface area contributed by atoms with Gasteiger partial charge in [0.25, 0.3) is 5.56 Å². The van der Waals surface area contributed by atoms with Crippen LogP contribution in [0.4, 0.5) is 0 Å². The van der Waals surface area contributed by atoms with Gasteiger partial charge in [0.2, 0.25) is 5.91 Å². The number of amides is 1. The maximum atomic E-state index is 13.2. The number of carbonyl (C=O) groups excluding carboxylic acids is 1. The maximum Gasteiger partial charge on any atom is 0.261 e. The van der Waals surface area contributed by atoms with Crippen LogP contribution in [0.15, 0.2) is 64.3 Å². The summed E-state index contributed by atoms with van der Waals surface area (Å²) in [5.74, 6) is 0.0697. The van der Waals surface area contributed by atoms with E-state index in [1.807, 2.05) is 29.2 Å². The number of aromatic nitrogens is 2. The van der Waals surface area contributed by atoms with Crippen molar-refractivity contribution in [3.63, 3.8) is 0 Å². The zero-order chi connectivity index (χ0) is 19.8. The molecule has 146 valence electrons. The predicted octanol–water partition coefficient (Wildman–Crippen LogP) is 4.08. The zero-order valence-corrected chi connectivity index (χ0v) is 17.3. The van der Waals surface area contributed by atoms with Crippen molar-refractivity contribution in [3.05, 3.63) is 85.2 Å². The molecule has 4 heterocycles. The summed E-state index contributed by atoms with van der Waals surface area (Å²) in [4.78, 5) is 34.8. The Morgan fingerprint density at radius 1 is 1.10 bits per heavy atom. The van der Waals surface area contributed by atoms with Crippen molar-refractivity contribution in [1.82, 2.24) is 14.5 Å². The number of rotatable bonds is 4. The van der Waals surface area contributed by atoms with Gasteiger partial charge in [0, 0.05) is 29.3 Å². The van der Waals surface area contributed by atoms with Crippen molar-refractivity contribution in [2.75, 3.05) is 6.54 Å². The van der Waals surface area contributed by atoms with Crippen LogP contribution < -0.4 is 5.56 Å². The Bertz CT molecular complexity index is 1230. The highest BCUT2D eigenvalue weighted by Gasteiger charge is 2.33. The van der Waals surface area contributed by atoms with Crippen LogP contribution in [0.2, 0.25) is 0 Å². The molecule has 0 bridgehead atoms. The van der Waals surface area contributed by atoms with Gasteiger partial charge in [-0.3, -0.25) is 14.2 Å². The van der Waals surface area contributed by atoms with E-state index in [-0.39, 0.29) is 23.9 Å². The number of carbonyl (C=O) groups is 1. The van der Waals surface area contributed by atoms with Gasteiger partial charge in [0.15, 0.2) is 0 Å². The van der Waals surface area contributed by atoms with E-state index >= 15 is 0 Å². The number of para-hydroxylation sites is 1. The van der Waals surface area contributed by atoms with Crippen LogP contribution in [0.25, 0.3) is 10.9 Å². The molecule has 3 aromatic heterocycles. The Morgan fingerprint density at radius 2 is 2.00 bits per heavy atom. The van der Waals surface area contributed by atoms with Crippen molar-refractivity contribution in [2.24, 2.45) is 0 Å². The fourth-order valence-electron chi connectivity index (χ4n) is 3.96. The first-order chi connectivity index (χ1) is 14.2. The normalized spacial score (nSPS) is 16.1.